The predicted molar refractivity (Wildman–Crippen MR) is 468 cm³/mol. The molecule has 0 radical (unpaired) electrons. The lowest BCUT2D eigenvalue weighted by Crippen LogP contribution is -2.29. The van der Waals surface area contributed by atoms with Crippen molar-refractivity contribution in [2.45, 2.75) is 331 Å². The number of aromatic nitrogens is 15. The number of nitrogens with zero attached hydrogens (tertiary/aromatic N) is 15. The Hall–Kier alpha value is -9.75. The van der Waals surface area contributed by atoms with E-state index in [4.69, 9.17) is 23.7 Å². The average Bonchev–Trinajstić information content (AvgIpc) is 1.64. The SMILES string of the molecule is CCOCCC(=O)Nc1nc2ccc(C)nc2n1C1CCC1.Cc1ccc2nc(NC(=O)CCOC(C)C)n(C3CCC3)c2n1.Cc1ccc2nc(NC(=O)CCOC3CCCC3)n(C3CCC3)c2n1.Cc1ccc2nc(NC(=O)C[C@@H](C)OC(C)(C)C)n(C3CCC3)c2n1.Cc1ccc2nc(NC(=O)C[C@H](C)OC(C)(C)C)n(C3CCC3)c2n1. The van der Waals surface area contributed by atoms with Gasteiger partial charge in [-0.05, 0) is 281 Å². The zero-order valence-corrected chi connectivity index (χ0v) is 73.6. The van der Waals surface area contributed by atoms with Crippen molar-refractivity contribution in [2.75, 3.05) is 53.0 Å². The van der Waals surface area contributed by atoms with Gasteiger partial charge in [0.05, 0.1) is 87.5 Å². The van der Waals surface area contributed by atoms with E-state index in [1.807, 2.05) is 171 Å². The Kier molecular flexibility index (Phi) is 30.4. The van der Waals surface area contributed by atoms with Crippen molar-refractivity contribution in [3.05, 3.63) is 89.1 Å². The molecule has 30 nitrogen and oxygen atoms in total. The fourth-order valence-electron chi connectivity index (χ4n) is 15.5. The van der Waals surface area contributed by atoms with E-state index < -0.39 is 0 Å². The van der Waals surface area contributed by atoms with Gasteiger partial charge in [-0.2, -0.15) is 0 Å². The van der Waals surface area contributed by atoms with Crippen LogP contribution in [0, 0.1) is 34.6 Å². The highest BCUT2D eigenvalue weighted by molar-refractivity contribution is 5.94. The minimum absolute atomic E-state index is 0.0365. The fourth-order valence-corrected chi connectivity index (χ4v) is 15.5. The number of aryl methyl sites for hydroxylation is 5. The van der Waals surface area contributed by atoms with Crippen LogP contribution in [0.5, 0.6) is 0 Å². The van der Waals surface area contributed by atoms with Crippen LogP contribution in [-0.2, 0) is 47.7 Å². The number of rotatable bonds is 28. The lowest BCUT2D eigenvalue weighted by Gasteiger charge is -2.29. The van der Waals surface area contributed by atoms with E-state index in [0.717, 1.165) is 161 Å². The molecule has 0 aliphatic heterocycles. The lowest BCUT2D eigenvalue weighted by molar-refractivity contribution is -0.123. The molecule has 0 unspecified atom stereocenters. The Bertz CT molecular complexity index is 5020. The third kappa shape index (κ3) is 24.1. The molecule has 10 aromatic heterocycles. The van der Waals surface area contributed by atoms with E-state index in [0.29, 0.717) is 125 Å². The van der Waals surface area contributed by atoms with Crippen LogP contribution in [0.3, 0.4) is 0 Å². The van der Waals surface area contributed by atoms with Gasteiger partial charge in [0.1, 0.15) is 27.6 Å². The summed E-state index contributed by atoms with van der Waals surface area (Å²) in [5.41, 5.74) is 12.8. The zero-order valence-electron chi connectivity index (χ0n) is 73.6. The van der Waals surface area contributed by atoms with Crippen LogP contribution in [0.25, 0.3) is 55.8 Å². The number of imidazole rings is 5. The Morgan fingerprint density at radius 2 is 0.617 bits per heavy atom. The number of ether oxygens (including phenoxy) is 5. The molecule has 6 saturated carbocycles. The topological polar surface area (TPSA) is 345 Å². The maximum atomic E-state index is 12.5. The molecule has 16 rings (SSSR count). The van der Waals surface area contributed by atoms with Gasteiger partial charge in [-0.3, -0.25) is 73.4 Å². The van der Waals surface area contributed by atoms with Crippen LogP contribution in [0.4, 0.5) is 29.7 Å². The number of hydrogen-bond donors (Lipinski definition) is 5. The van der Waals surface area contributed by atoms with Crippen molar-refractivity contribution in [1.29, 1.82) is 0 Å². The second-order valence-electron chi connectivity index (χ2n) is 35.3. The number of hydrogen-bond acceptors (Lipinski definition) is 20. The first-order chi connectivity index (χ1) is 57.4. The monoisotopic (exact) mass is 1650 g/mol. The van der Waals surface area contributed by atoms with E-state index >= 15 is 0 Å². The normalized spacial score (nSPS) is 16.5. The molecule has 5 amide bonds. The second-order valence-corrected chi connectivity index (χ2v) is 35.3. The number of carbonyl (C=O) groups is 5. The highest BCUT2D eigenvalue weighted by Gasteiger charge is 2.33. The van der Waals surface area contributed by atoms with Gasteiger partial charge in [0, 0.05) is 65.3 Å². The van der Waals surface area contributed by atoms with E-state index in [2.05, 4.69) is 99.3 Å². The van der Waals surface area contributed by atoms with Crippen LogP contribution >= 0.6 is 0 Å². The maximum absolute atomic E-state index is 12.5. The molecule has 0 aromatic carbocycles. The number of amides is 5. The maximum Gasteiger partial charge on any atom is 0.229 e. The summed E-state index contributed by atoms with van der Waals surface area (Å²) in [6.07, 6.45) is 23.8. The third-order valence-electron chi connectivity index (χ3n) is 22.3. The minimum atomic E-state index is -0.264. The molecule has 120 heavy (non-hydrogen) atoms. The molecule has 2 atom stereocenters. The van der Waals surface area contributed by atoms with Gasteiger partial charge in [0.15, 0.2) is 28.2 Å². The summed E-state index contributed by atoms with van der Waals surface area (Å²) >= 11 is 0. The average molecular weight is 1650 g/mol. The Balaban J connectivity index is 0.000000138. The molecule has 5 N–H and O–H groups in total. The molecule has 10 aromatic rings. The molecule has 6 fully saturated rings. The van der Waals surface area contributed by atoms with Gasteiger partial charge in [-0.25, -0.2) is 49.8 Å². The highest BCUT2D eigenvalue weighted by Crippen LogP contribution is 2.42. The largest absolute Gasteiger partial charge is 0.381 e. The van der Waals surface area contributed by atoms with Crippen molar-refractivity contribution in [2.24, 2.45) is 0 Å². The third-order valence-corrected chi connectivity index (χ3v) is 22.3. The van der Waals surface area contributed by atoms with Crippen LogP contribution in [0.1, 0.15) is 289 Å². The first kappa shape index (κ1) is 89.5. The summed E-state index contributed by atoms with van der Waals surface area (Å²) in [6, 6.07) is 21.5. The van der Waals surface area contributed by atoms with Gasteiger partial charge in [-0.1, -0.05) is 12.8 Å². The van der Waals surface area contributed by atoms with Gasteiger partial charge in [-0.15, -0.1) is 0 Å². The quantitative estimate of drug-likeness (QED) is 0.0284. The van der Waals surface area contributed by atoms with Crippen LogP contribution in [-0.4, -0.2) is 164 Å². The number of anilines is 5. The lowest BCUT2D eigenvalue weighted by atomic mass is 9.93. The van der Waals surface area contributed by atoms with Crippen molar-refractivity contribution in [3.8, 4) is 0 Å². The minimum Gasteiger partial charge on any atom is -0.381 e. The van der Waals surface area contributed by atoms with E-state index in [9.17, 15) is 24.0 Å². The van der Waals surface area contributed by atoms with Crippen LogP contribution < -0.4 is 26.6 Å². The first-order valence-corrected chi connectivity index (χ1v) is 43.8. The number of nitrogens with one attached hydrogen (secondary N) is 5. The molecule has 6 aliphatic carbocycles. The zero-order chi connectivity index (χ0) is 85.5. The summed E-state index contributed by atoms with van der Waals surface area (Å²) in [6.45, 7) is 33.5. The van der Waals surface area contributed by atoms with Crippen molar-refractivity contribution in [1.82, 2.24) is 72.7 Å². The Labute approximate surface area is 704 Å². The van der Waals surface area contributed by atoms with Crippen LogP contribution in [0.15, 0.2) is 60.7 Å². The van der Waals surface area contributed by atoms with Gasteiger partial charge in [0.2, 0.25) is 59.3 Å². The molecule has 648 valence electrons. The van der Waals surface area contributed by atoms with Crippen molar-refractivity contribution in [3.63, 3.8) is 0 Å². The molecular formula is C90H128N20O10. The van der Waals surface area contributed by atoms with Gasteiger partial charge < -0.3 is 23.7 Å². The first-order valence-electron chi connectivity index (χ1n) is 43.8. The molecule has 0 bridgehead atoms. The van der Waals surface area contributed by atoms with E-state index in [1.54, 1.807) is 0 Å². The number of pyridine rings is 5. The number of carbonyl (C=O) groups excluding carboxylic acids is 5. The number of fused-ring (bicyclic) bond motifs is 5. The molecule has 0 saturated heterocycles. The Morgan fingerprint density at radius 1 is 0.358 bits per heavy atom. The fraction of sp³-hybridized carbons (Fsp3) is 0.611. The summed E-state index contributed by atoms with van der Waals surface area (Å²) < 4.78 is 38.6. The standard InChI is InChI=1S/C19H26N4O2.2C19H28N4O2.C17H24N4O2.C16H22N4O2/c1-13-9-10-16-18(20-13)23(14-5-4-6-14)19(21-16)22-17(24)11-12-25-15-7-2-3-8-15;2*1-12-9-10-15-17(20-12)23(14-7-6-8-14)18(21-15)22-16(24)11-13(2)25-19(3,4)5;1-11(2)23-10-9-15(22)20-17-19-14-8-7-12(3)18-16(14)21(17)13-5-4-6-13;1-3-22-10-9-14(21)19-16-18-13-8-7-11(2)17-15(13)20(16)12-5-4-6-12/h9-10,14-15H,2-8,11-12H2,1H3,(H,21,22,24);2*9-10,13-14H,6-8,11H2,1-5H3,(H,21,22,24);7-8,11,13H,4-6,9-10H2,1-3H3,(H,19,20,22);7-8,12H,3-6,9-10H2,1-2H3,(H,18,19,21)/t;2*13-;;/m.10../s1. The Morgan fingerprint density at radius 3 is 0.858 bits per heavy atom. The second kappa shape index (κ2) is 40.7. The van der Waals surface area contributed by atoms with Crippen LogP contribution in [0.2, 0.25) is 0 Å². The summed E-state index contributed by atoms with van der Waals surface area (Å²) in [4.78, 5) is 108. The molecule has 10 heterocycles. The molecular weight excluding hydrogens is 1520 g/mol. The van der Waals surface area contributed by atoms with E-state index in [-0.39, 0.29) is 59.0 Å². The summed E-state index contributed by atoms with van der Waals surface area (Å²) in [5, 5.41) is 14.8. The van der Waals surface area contributed by atoms with Gasteiger partial charge in [0.25, 0.3) is 0 Å². The molecule has 0 spiro atoms. The molecule has 6 aliphatic rings. The van der Waals surface area contributed by atoms with Gasteiger partial charge >= 0.3 is 0 Å². The smallest absolute Gasteiger partial charge is 0.229 e. The predicted octanol–water partition coefficient (Wildman–Crippen LogP) is 17.8. The molecule has 30 heteroatoms. The summed E-state index contributed by atoms with van der Waals surface area (Å²) in [7, 11) is 0. The van der Waals surface area contributed by atoms with Crippen molar-refractivity contribution >= 4 is 115 Å². The van der Waals surface area contributed by atoms with Crippen molar-refractivity contribution < 1.29 is 47.7 Å². The summed E-state index contributed by atoms with van der Waals surface area (Å²) in [5.74, 6) is 2.72. The highest BCUT2D eigenvalue weighted by atomic mass is 16.5. The van der Waals surface area contributed by atoms with E-state index in [1.165, 1.54) is 44.9 Å².